The molecule has 138 valence electrons. The van der Waals surface area contributed by atoms with Crippen LogP contribution in [0, 0.1) is 5.92 Å². The lowest BCUT2D eigenvalue weighted by atomic mass is 10.0. The first-order chi connectivity index (χ1) is 11.6. The molecule has 0 spiro atoms. The highest BCUT2D eigenvalue weighted by Crippen LogP contribution is 2.25. The maximum atomic E-state index is 12.0. The lowest BCUT2D eigenvalue weighted by Gasteiger charge is -2.15. The molecule has 1 aliphatic heterocycles. The van der Waals surface area contributed by atoms with E-state index in [2.05, 4.69) is 0 Å². The van der Waals surface area contributed by atoms with E-state index in [0.29, 0.717) is 39.3 Å². The number of carbonyl (C=O) groups is 3. The first-order valence-corrected chi connectivity index (χ1v) is 8.28. The molecule has 1 saturated heterocycles. The number of ether oxygens (including phenoxy) is 5. The van der Waals surface area contributed by atoms with E-state index in [1.807, 2.05) is 13.8 Å². The topological polar surface area (TPSA) is 97.4 Å². The number of rotatable bonds is 12. The molecule has 1 aliphatic rings. The van der Waals surface area contributed by atoms with Crippen molar-refractivity contribution in [1.29, 1.82) is 0 Å². The fourth-order valence-corrected chi connectivity index (χ4v) is 2.12. The van der Waals surface area contributed by atoms with Gasteiger partial charge in [0.2, 0.25) is 6.10 Å². The zero-order valence-corrected chi connectivity index (χ0v) is 14.3. The highest BCUT2D eigenvalue weighted by atomic mass is 16.6. The van der Waals surface area contributed by atoms with E-state index in [1.165, 1.54) is 0 Å². The van der Waals surface area contributed by atoms with E-state index in [-0.39, 0.29) is 19.6 Å². The van der Waals surface area contributed by atoms with Crippen molar-refractivity contribution >= 4 is 17.9 Å². The van der Waals surface area contributed by atoms with Crippen LogP contribution in [-0.4, -0.2) is 63.7 Å². The molecule has 1 heterocycles. The molecule has 0 aromatic carbocycles. The van der Waals surface area contributed by atoms with Crippen LogP contribution >= 0.6 is 0 Å². The normalized spacial score (nSPS) is 19.8. The van der Waals surface area contributed by atoms with Crippen LogP contribution in [0.2, 0.25) is 0 Å². The molecule has 0 N–H and O–H groups in total. The Morgan fingerprint density at radius 3 is 2.04 bits per heavy atom. The van der Waals surface area contributed by atoms with Gasteiger partial charge in [-0.2, -0.15) is 0 Å². The van der Waals surface area contributed by atoms with E-state index < -0.39 is 29.9 Å². The maximum absolute atomic E-state index is 12.0. The van der Waals surface area contributed by atoms with Gasteiger partial charge in [-0.1, -0.05) is 0 Å². The third-order valence-corrected chi connectivity index (χ3v) is 3.31. The van der Waals surface area contributed by atoms with E-state index in [1.54, 1.807) is 0 Å². The third kappa shape index (κ3) is 7.27. The minimum atomic E-state index is -1.23. The van der Waals surface area contributed by atoms with Gasteiger partial charge in [0.15, 0.2) is 0 Å². The van der Waals surface area contributed by atoms with Gasteiger partial charge in [0.05, 0.1) is 19.6 Å². The molecular formula is C16H26O8. The summed E-state index contributed by atoms with van der Waals surface area (Å²) in [4.78, 5) is 35.4. The summed E-state index contributed by atoms with van der Waals surface area (Å²) in [5, 5.41) is 0. The molecule has 8 nitrogen and oxygen atoms in total. The van der Waals surface area contributed by atoms with E-state index in [9.17, 15) is 14.4 Å². The van der Waals surface area contributed by atoms with Gasteiger partial charge in [-0.3, -0.25) is 9.59 Å². The lowest BCUT2D eigenvalue weighted by molar-refractivity contribution is -0.167. The van der Waals surface area contributed by atoms with Gasteiger partial charge < -0.3 is 23.7 Å². The molecule has 0 aromatic rings. The van der Waals surface area contributed by atoms with E-state index in [0.717, 1.165) is 0 Å². The number of carbonyl (C=O) groups excluding carboxylic acids is 3. The maximum Gasteiger partial charge on any atom is 0.348 e. The van der Waals surface area contributed by atoms with Crippen molar-refractivity contribution < 1.29 is 38.1 Å². The van der Waals surface area contributed by atoms with E-state index in [4.69, 9.17) is 23.7 Å². The summed E-state index contributed by atoms with van der Waals surface area (Å²) < 4.78 is 25.3. The SMILES string of the molecule is CCOCCCOC(=O)C1CC(=O)OC1C(=O)OCCCOCC. The minimum Gasteiger partial charge on any atom is -0.465 e. The Bertz CT molecular complexity index is 373. The predicted molar refractivity (Wildman–Crippen MR) is 82.1 cm³/mol. The molecule has 0 amide bonds. The van der Waals surface area contributed by atoms with Crippen molar-refractivity contribution in [2.24, 2.45) is 5.92 Å². The summed E-state index contributed by atoms with van der Waals surface area (Å²) in [6.45, 7) is 6.19. The fourth-order valence-electron chi connectivity index (χ4n) is 2.12. The van der Waals surface area contributed by atoms with Crippen LogP contribution in [-0.2, 0) is 38.1 Å². The zero-order valence-electron chi connectivity index (χ0n) is 14.3. The molecule has 8 heteroatoms. The Balaban J connectivity index is 2.37. The Hall–Kier alpha value is -1.67. The summed E-state index contributed by atoms with van der Waals surface area (Å²) in [5.41, 5.74) is 0. The Kier molecular flexibility index (Phi) is 10.0. The Morgan fingerprint density at radius 1 is 0.958 bits per heavy atom. The van der Waals surface area contributed by atoms with Crippen molar-refractivity contribution in [3.05, 3.63) is 0 Å². The average Bonchev–Trinajstić information content (AvgIpc) is 2.96. The van der Waals surface area contributed by atoms with Crippen LogP contribution in [0.1, 0.15) is 33.1 Å². The Labute approximate surface area is 141 Å². The van der Waals surface area contributed by atoms with Gasteiger partial charge in [-0.25, -0.2) is 4.79 Å². The smallest absolute Gasteiger partial charge is 0.348 e. The van der Waals surface area contributed by atoms with Crippen LogP contribution in [0.25, 0.3) is 0 Å². The third-order valence-electron chi connectivity index (χ3n) is 3.31. The second-order valence-electron chi connectivity index (χ2n) is 5.16. The van der Waals surface area contributed by atoms with Crippen LogP contribution < -0.4 is 0 Å². The van der Waals surface area contributed by atoms with Crippen molar-refractivity contribution in [3.63, 3.8) is 0 Å². The summed E-state index contributed by atoms with van der Waals surface area (Å²) >= 11 is 0. The number of hydrogen-bond acceptors (Lipinski definition) is 8. The fraction of sp³-hybridized carbons (Fsp3) is 0.812. The minimum absolute atomic E-state index is 0.142. The average molecular weight is 346 g/mol. The number of esters is 3. The van der Waals surface area contributed by atoms with Crippen molar-refractivity contribution in [2.45, 2.75) is 39.2 Å². The van der Waals surface area contributed by atoms with Crippen molar-refractivity contribution in [3.8, 4) is 0 Å². The molecule has 0 aromatic heterocycles. The summed E-state index contributed by atoms with van der Waals surface area (Å²) in [6, 6.07) is 0. The monoisotopic (exact) mass is 346 g/mol. The largest absolute Gasteiger partial charge is 0.465 e. The summed E-state index contributed by atoms with van der Waals surface area (Å²) in [6.07, 6.45) is -0.326. The van der Waals surface area contributed by atoms with Gasteiger partial charge in [-0.15, -0.1) is 0 Å². The molecule has 0 saturated carbocycles. The van der Waals surface area contributed by atoms with Crippen LogP contribution in [0.4, 0.5) is 0 Å². The van der Waals surface area contributed by atoms with Gasteiger partial charge in [0, 0.05) is 39.3 Å². The van der Waals surface area contributed by atoms with Crippen molar-refractivity contribution in [2.75, 3.05) is 39.6 Å². The summed E-state index contributed by atoms with van der Waals surface area (Å²) in [5.74, 6) is -2.92. The number of cyclic esters (lactones) is 1. The molecule has 2 unspecified atom stereocenters. The first-order valence-electron chi connectivity index (χ1n) is 8.28. The van der Waals surface area contributed by atoms with Gasteiger partial charge in [0.25, 0.3) is 0 Å². The molecule has 0 bridgehead atoms. The van der Waals surface area contributed by atoms with Gasteiger partial charge in [0.1, 0.15) is 5.92 Å². The van der Waals surface area contributed by atoms with Gasteiger partial charge >= 0.3 is 17.9 Å². The van der Waals surface area contributed by atoms with Crippen molar-refractivity contribution in [1.82, 2.24) is 0 Å². The Morgan fingerprint density at radius 2 is 1.50 bits per heavy atom. The van der Waals surface area contributed by atoms with E-state index >= 15 is 0 Å². The van der Waals surface area contributed by atoms with Crippen LogP contribution in [0.5, 0.6) is 0 Å². The second-order valence-corrected chi connectivity index (χ2v) is 5.16. The molecule has 1 fully saturated rings. The molecule has 1 rings (SSSR count). The lowest BCUT2D eigenvalue weighted by Crippen LogP contribution is -2.34. The zero-order chi connectivity index (χ0) is 17.8. The second kappa shape index (κ2) is 11.8. The highest BCUT2D eigenvalue weighted by molar-refractivity contribution is 5.92. The van der Waals surface area contributed by atoms with Crippen LogP contribution in [0.15, 0.2) is 0 Å². The quantitative estimate of drug-likeness (QED) is 0.291. The van der Waals surface area contributed by atoms with Crippen LogP contribution in [0.3, 0.4) is 0 Å². The standard InChI is InChI=1S/C16H26O8/c1-3-20-7-5-9-22-15(18)12-11-13(17)24-14(12)16(19)23-10-6-8-21-4-2/h12,14H,3-11H2,1-2H3. The summed E-state index contributed by atoms with van der Waals surface area (Å²) in [7, 11) is 0. The molecule has 24 heavy (non-hydrogen) atoms. The molecular weight excluding hydrogens is 320 g/mol. The predicted octanol–water partition coefficient (Wildman–Crippen LogP) is 0.858. The first kappa shape index (κ1) is 20.4. The molecule has 0 aliphatic carbocycles. The van der Waals surface area contributed by atoms with Gasteiger partial charge in [-0.05, 0) is 13.8 Å². The number of hydrogen-bond donors (Lipinski definition) is 0. The molecule has 0 radical (unpaired) electrons. The highest BCUT2D eigenvalue weighted by Gasteiger charge is 2.46. The molecule has 2 atom stereocenters.